The Morgan fingerprint density at radius 1 is 1.13 bits per heavy atom. The number of halogens is 1. The largest absolute Gasteiger partial charge is 0.497 e. The Kier molecular flexibility index (Phi) is 10.4. The van der Waals surface area contributed by atoms with Crippen LogP contribution in [0.3, 0.4) is 0 Å². The lowest BCUT2D eigenvalue weighted by Gasteiger charge is -2.31. The lowest BCUT2D eigenvalue weighted by Crippen LogP contribution is -2.49. The van der Waals surface area contributed by atoms with Crippen molar-refractivity contribution in [3.05, 3.63) is 64.7 Å². The smallest absolute Gasteiger partial charge is 0.242 e. The van der Waals surface area contributed by atoms with E-state index in [0.717, 1.165) is 29.7 Å². The second-order valence-electron chi connectivity index (χ2n) is 7.53. The molecule has 0 bridgehead atoms. The van der Waals surface area contributed by atoms with Gasteiger partial charge >= 0.3 is 0 Å². The Morgan fingerprint density at radius 2 is 1.90 bits per heavy atom. The topological polar surface area (TPSA) is 58.6 Å². The molecule has 0 aliphatic heterocycles. The molecule has 168 valence electrons. The first kappa shape index (κ1) is 24.7. The van der Waals surface area contributed by atoms with Crippen molar-refractivity contribution in [1.82, 2.24) is 10.2 Å². The molecule has 31 heavy (non-hydrogen) atoms. The molecule has 6 heteroatoms. The van der Waals surface area contributed by atoms with E-state index in [2.05, 4.69) is 12.2 Å². The molecule has 0 saturated heterocycles. The minimum Gasteiger partial charge on any atom is -0.497 e. The van der Waals surface area contributed by atoms with E-state index in [9.17, 15) is 9.59 Å². The van der Waals surface area contributed by atoms with Crippen molar-refractivity contribution in [2.45, 2.75) is 58.5 Å². The van der Waals surface area contributed by atoms with E-state index in [1.54, 1.807) is 12.0 Å². The van der Waals surface area contributed by atoms with Crippen LogP contribution < -0.4 is 10.1 Å². The first-order valence-electron chi connectivity index (χ1n) is 10.9. The molecule has 0 aliphatic rings. The number of unbranched alkanes of at least 4 members (excludes halogenated alkanes) is 1. The zero-order valence-electron chi connectivity index (χ0n) is 18.7. The van der Waals surface area contributed by atoms with Gasteiger partial charge in [-0.05, 0) is 48.6 Å². The van der Waals surface area contributed by atoms with Crippen molar-refractivity contribution < 1.29 is 14.3 Å². The first-order valence-corrected chi connectivity index (χ1v) is 11.3. The van der Waals surface area contributed by atoms with E-state index in [1.165, 1.54) is 0 Å². The molecule has 1 unspecified atom stereocenters. The fraction of sp³-hybridized carbons (Fsp3) is 0.440. The third-order valence-corrected chi connectivity index (χ3v) is 5.64. The van der Waals surface area contributed by atoms with E-state index in [0.29, 0.717) is 31.0 Å². The van der Waals surface area contributed by atoms with Crippen LogP contribution in [0.15, 0.2) is 48.5 Å². The highest BCUT2D eigenvalue weighted by molar-refractivity contribution is 6.31. The van der Waals surface area contributed by atoms with Crippen LogP contribution in [0, 0.1) is 0 Å². The minimum absolute atomic E-state index is 0.0692. The van der Waals surface area contributed by atoms with Crippen molar-refractivity contribution in [2.24, 2.45) is 0 Å². The SMILES string of the molecule is CCCCNC(=O)C(CC)N(Cc1cccc(OC)c1)C(=O)CCc1ccccc1Cl. The Labute approximate surface area is 190 Å². The number of nitrogens with one attached hydrogen (secondary N) is 1. The number of carbonyl (C=O) groups is 2. The van der Waals surface area contributed by atoms with Gasteiger partial charge in [0.15, 0.2) is 0 Å². The second kappa shape index (κ2) is 13.0. The van der Waals surface area contributed by atoms with Crippen LogP contribution >= 0.6 is 11.6 Å². The molecule has 2 amide bonds. The maximum absolute atomic E-state index is 13.3. The summed E-state index contributed by atoms with van der Waals surface area (Å²) in [6.07, 6.45) is 3.27. The normalized spacial score (nSPS) is 11.6. The predicted molar refractivity (Wildman–Crippen MR) is 125 cm³/mol. The second-order valence-corrected chi connectivity index (χ2v) is 7.94. The monoisotopic (exact) mass is 444 g/mol. The lowest BCUT2D eigenvalue weighted by molar-refractivity contribution is -0.141. The number of aryl methyl sites for hydroxylation is 1. The average molecular weight is 445 g/mol. The van der Waals surface area contributed by atoms with Crippen molar-refractivity contribution >= 4 is 23.4 Å². The quantitative estimate of drug-likeness (QED) is 0.468. The zero-order chi connectivity index (χ0) is 22.6. The van der Waals surface area contributed by atoms with Gasteiger partial charge in [0.05, 0.1) is 7.11 Å². The number of hydrogen-bond donors (Lipinski definition) is 1. The Morgan fingerprint density at radius 3 is 2.58 bits per heavy atom. The van der Waals surface area contributed by atoms with E-state index >= 15 is 0 Å². The molecule has 0 spiro atoms. The number of hydrogen-bond acceptors (Lipinski definition) is 3. The van der Waals surface area contributed by atoms with Gasteiger partial charge in [-0.15, -0.1) is 0 Å². The Balaban J connectivity index is 2.21. The van der Waals surface area contributed by atoms with Crippen LogP contribution in [0.25, 0.3) is 0 Å². The molecule has 0 radical (unpaired) electrons. The highest BCUT2D eigenvalue weighted by Crippen LogP contribution is 2.20. The van der Waals surface area contributed by atoms with Crippen molar-refractivity contribution in [1.29, 1.82) is 0 Å². The Bertz CT molecular complexity index is 856. The molecule has 0 heterocycles. The summed E-state index contributed by atoms with van der Waals surface area (Å²) in [4.78, 5) is 27.9. The molecule has 2 aromatic carbocycles. The summed E-state index contributed by atoms with van der Waals surface area (Å²) in [5.41, 5.74) is 1.85. The van der Waals surface area contributed by atoms with Gasteiger partial charge in [0.2, 0.25) is 11.8 Å². The molecule has 1 atom stereocenters. The number of methoxy groups -OCH3 is 1. The van der Waals surface area contributed by atoms with Gasteiger partial charge in [0.25, 0.3) is 0 Å². The van der Waals surface area contributed by atoms with Gasteiger partial charge < -0.3 is 15.0 Å². The van der Waals surface area contributed by atoms with Gasteiger partial charge in [-0.1, -0.05) is 62.2 Å². The van der Waals surface area contributed by atoms with Crippen LogP contribution in [-0.4, -0.2) is 36.4 Å². The van der Waals surface area contributed by atoms with Crippen LogP contribution in [0.1, 0.15) is 50.7 Å². The summed E-state index contributed by atoms with van der Waals surface area (Å²) in [5.74, 6) is 0.548. The van der Waals surface area contributed by atoms with E-state index < -0.39 is 6.04 Å². The summed E-state index contributed by atoms with van der Waals surface area (Å²) in [6, 6.07) is 14.6. The van der Waals surface area contributed by atoms with Crippen molar-refractivity contribution in [3.8, 4) is 5.75 Å². The maximum Gasteiger partial charge on any atom is 0.242 e. The van der Waals surface area contributed by atoms with Gasteiger partial charge in [-0.2, -0.15) is 0 Å². The van der Waals surface area contributed by atoms with Crippen LogP contribution in [0.2, 0.25) is 5.02 Å². The van der Waals surface area contributed by atoms with Crippen LogP contribution in [0.5, 0.6) is 5.75 Å². The van der Waals surface area contributed by atoms with E-state index in [-0.39, 0.29) is 18.2 Å². The fourth-order valence-corrected chi connectivity index (χ4v) is 3.71. The van der Waals surface area contributed by atoms with Gasteiger partial charge in [0, 0.05) is 24.5 Å². The predicted octanol–water partition coefficient (Wildman–Crippen LogP) is 5.00. The van der Waals surface area contributed by atoms with Crippen LogP contribution in [-0.2, 0) is 22.6 Å². The van der Waals surface area contributed by atoms with E-state index in [1.807, 2.05) is 55.5 Å². The molecular weight excluding hydrogens is 412 g/mol. The molecule has 0 aromatic heterocycles. The zero-order valence-corrected chi connectivity index (χ0v) is 19.5. The fourth-order valence-electron chi connectivity index (χ4n) is 3.48. The summed E-state index contributed by atoms with van der Waals surface area (Å²) in [7, 11) is 1.61. The molecule has 2 rings (SSSR count). The van der Waals surface area contributed by atoms with Gasteiger partial charge in [-0.25, -0.2) is 0 Å². The molecule has 2 aromatic rings. The molecule has 0 aliphatic carbocycles. The van der Waals surface area contributed by atoms with Crippen molar-refractivity contribution in [3.63, 3.8) is 0 Å². The third kappa shape index (κ3) is 7.59. The summed E-state index contributed by atoms with van der Waals surface area (Å²) < 4.78 is 5.32. The molecule has 0 saturated carbocycles. The highest BCUT2D eigenvalue weighted by atomic mass is 35.5. The number of ether oxygens (including phenoxy) is 1. The summed E-state index contributed by atoms with van der Waals surface area (Å²) in [6.45, 7) is 4.98. The van der Waals surface area contributed by atoms with Gasteiger partial charge in [-0.3, -0.25) is 9.59 Å². The summed E-state index contributed by atoms with van der Waals surface area (Å²) in [5, 5.41) is 3.63. The minimum atomic E-state index is -0.526. The van der Waals surface area contributed by atoms with Crippen LogP contribution in [0.4, 0.5) is 0 Å². The maximum atomic E-state index is 13.3. The number of carbonyl (C=O) groups excluding carboxylic acids is 2. The number of benzene rings is 2. The molecule has 0 fully saturated rings. The standard InChI is InChI=1S/C25H33ClN2O3/c1-4-6-16-27-25(30)23(5-2)28(18-19-10-9-12-21(17-19)31-3)24(29)15-14-20-11-7-8-13-22(20)26/h7-13,17,23H,4-6,14-16,18H2,1-3H3,(H,27,30). The summed E-state index contributed by atoms with van der Waals surface area (Å²) >= 11 is 6.26. The lowest BCUT2D eigenvalue weighted by atomic mass is 10.1. The van der Waals surface area contributed by atoms with Gasteiger partial charge in [0.1, 0.15) is 11.8 Å². The number of rotatable bonds is 12. The average Bonchev–Trinajstić information content (AvgIpc) is 2.78. The molecular formula is C25H33ClN2O3. The molecule has 5 nitrogen and oxygen atoms in total. The third-order valence-electron chi connectivity index (χ3n) is 5.27. The van der Waals surface area contributed by atoms with Crippen molar-refractivity contribution in [2.75, 3.05) is 13.7 Å². The Hall–Kier alpha value is -2.53. The number of nitrogens with zero attached hydrogens (tertiary/aromatic N) is 1. The number of amides is 2. The highest BCUT2D eigenvalue weighted by Gasteiger charge is 2.28. The first-order chi connectivity index (χ1) is 15.0. The molecule has 1 N–H and O–H groups in total. The van der Waals surface area contributed by atoms with E-state index in [4.69, 9.17) is 16.3 Å².